The van der Waals surface area contributed by atoms with Gasteiger partial charge in [0.05, 0.1) is 0 Å². The lowest BCUT2D eigenvalue weighted by molar-refractivity contribution is -0.145. The maximum atomic E-state index is 12.2. The lowest BCUT2D eigenvalue weighted by Gasteiger charge is -2.40. The zero-order chi connectivity index (χ0) is 30.6. The van der Waals surface area contributed by atoms with Crippen molar-refractivity contribution in [2.75, 3.05) is 39.8 Å². The summed E-state index contributed by atoms with van der Waals surface area (Å²) in [5.41, 5.74) is 2.46. The summed E-state index contributed by atoms with van der Waals surface area (Å²) in [6.45, 7) is 8.77. The summed E-state index contributed by atoms with van der Waals surface area (Å²) in [6.07, 6.45) is 9.72. The molecule has 4 aliphatic rings. The molecule has 236 valence electrons. The number of aliphatic carboxylic acids is 1. The van der Waals surface area contributed by atoms with E-state index < -0.39 is 5.97 Å². The van der Waals surface area contributed by atoms with Gasteiger partial charge in [-0.15, -0.1) is 0 Å². The molecule has 3 heterocycles. The van der Waals surface area contributed by atoms with E-state index in [2.05, 4.69) is 41.1 Å². The summed E-state index contributed by atoms with van der Waals surface area (Å²) in [4.78, 5) is 30.5. The molecule has 1 amide bonds. The van der Waals surface area contributed by atoms with Crippen molar-refractivity contribution < 1.29 is 19.4 Å². The predicted molar refractivity (Wildman–Crippen MR) is 172 cm³/mol. The number of piperidine rings is 1. The maximum Gasteiger partial charge on any atom is 0.410 e. The second kappa shape index (κ2) is 16.8. The van der Waals surface area contributed by atoms with Crippen molar-refractivity contribution in [1.82, 2.24) is 14.7 Å². The van der Waals surface area contributed by atoms with Crippen molar-refractivity contribution in [2.45, 2.75) is 95.7 Å². The van der Waals surface area contributed by atoms with E-state index >= 15 is 0 Å². The van der Waals surface area contributed by atoms with E-state index in [-0.39, 0.29) is 18.2 Å². The highest BCUT2D eigenvalue weighted by atomic mass is 16.6. The molecule has 3 saturated heterocycles. The molecule has 1 aliphatic carbocycles. The molecule has 1 unspecified atom stereocenters. The van der Waals surface area contributed by atoms with Gasteiger partial charge in [-0.05, 0) is 81.7 Å². The zero-order valence-electron chi connectivity index (χ0n) is 26.6. The fourth-order valence-corrected chi connectivity index (χ4v) is 7.28. The Hall–Kier alpha value is -2.90. The van der Waals surface area contributed by atoms with E-state index in [4.69, 9.17) is 4.74 Å². The van der Waals surface area contributed by atoms with Crippen LogP contribution in [0.5, 0.6) is 0 Å². The first-order valence-corrected chi connectivity index (χ1v) is 16.7. The fourth-order valence-electron chi connectivity index (χ4n) is 7.28. The highest BCUT2D eigenvalue weighted by Gasteiger charge is 2.38. The van der Waals surface area contributed by atoms with Crippen molar-refractivity contribution in [1.29, 1.82) is 0 Å². The fraction of sp³-hybridized carbons (Fsp3) is 0.611. The molecule has 7 nitrogen and oxygen atoms in total. The minimum Gasteiger partial charge on any atom is -0.480 e. The van der Waals surface area contributed by atoms with Gasteiger partial charge >= 0.3 is 12.1 Å². The van der Waals surface area contributed by atoms with Crippen molar-refractivity contribution >= 4 is 12.1 Å². The lowest BCUT2D eigenvalue weighted by atomic mass is 9.83. The van der Waals surface area contributed by atoms with Crippen LogP contribution in [0.1, 0.15) is 94.8 Å². The van der Waals surface area contributed by atoms with E-state index in [1.54, 1.807) is 0 Å². The number of carbonyl (C=O) groups excluding carboxylic acids is 1. The molecule has 2 aromatic rings. The van der Waals surface area contributed by atoms with Crippen LogP contribution in [0.15, 0.2) is 60.7 Å². The summed E-state index contributed by atoms with van der Waals surface area (Å²) in [6, 6.07) is 20.7. The van der Waals surface area contributed by atoms with E-state index in [9.17, 15) is 14.7 Å². The summed E-state index contributed by atoms with van der Waals surface area (Å²) in [7, 11) is 2.14. The Morgan fingerprint density at radius 3 is 1.98 bits per heavy atom. The Labute approximate surface area is 259 Å². The lowest BCUT2D eigenvalue weighted by Crippen LogP contribution is -2.49. The number of carboxylic acids is 1. The number of nitrogens with zero attached hydrogens (tertiary/aromatic N) is 3. The van der Waals surface area contributed by atoms with Gasteiger partial charge in [0.25, 0.3) is 0 Å². The largest absolute Gasteiger partial charge is 0.480 e. The number of hydrogen-bond donors (Lipinski definition) is 1. The van der Waals surface area contributed by atoms with E-state index in [0.717, 1.165) is 76.8 Å². The Balaban J connectivity index is 0.000000186. The van der Waals surface area contributed by atoms with Gasteiger partial charge in [-0.25, -0.2) is 4.79 Å². The summed E-state index contributed by atoms with van der Waals surface area (Å²) in [5.74, 6) is 0.234. The summed E-state index contributed by atoms with van der Waals surface area (Å²) in [5, 5.41) is 9.70. The Kier molecular flexibility index (Phi) is 12.9. The monoisotopic (exact) mass is 591 g/mol. The molecule has 3 atom stereocenters. The number of benzene rings is 2. The molecule has 4 fully saturated rings. The van der Waals surface area contributed by atoms with Crippen LogP contribution in [0, 0.1) is 5.92 Å². The molecular formula is C36H53N3O4. The standard InChI is InChI=1S/C18H25NO2.C16H22N2O2.C2H6/c20-18(21)17(15-9-5-2-6-10-15)19-12-11-16(13-19)14-7-3-1-4-8-14;1-17-10-7-14(8-11-17)18-12-9-15(20-16(18)19)13-5-3-2-4-6-13;1-2/h1,3-4,7-8,15-17H,2,5-6,9-13H2,(H,20,21);2-6,14-15H,7-12H2,1H3;1-2H3/t16-,17-;;/m1../s1. The molecule has 0 spiro atoms. The molecule has 7 heteroatoms. The molecular weight excluding hydrogens is 538 g/mol. The van der Waals surface area contributed by atoms with E-state index in [1.807, 2.05) is 55.1 Å². The SMILES string of the molecule is CC.CN1CCC(N2CCC(c3ccccc3)OC2=O)CC1.O=C(O)[C@@H](C1CCCCC1)N1CC[C@@H](c2ccccc2)C1. The number of rotatable bonds is 6. The molecule has 43 heavy (non-hydrogen) atoms. The van der Waals surface area contributed by atoms with Crippen LogP contribution in [0.3, 0.4) is 0 Å². The van der Waals surface area contributed by atoms with E-state index in [0.29, 0.717) is 17.9 Å². The van der Waals surface area contributed by atoms with E-state index in [1.165, 1.54) is 24.8 Å². The molecule has 0 bridgehead atoms. The van der Waals surface area contributed by atoms with Gasteiger partial charge in [0.1, 0.15) is 12.1 Å². The normalized spacial score (nSPS) is 24.6. The zero-order valence-corrected chi connectivity index (χ0v) is 26.6. The van der Waals surface area contributed by atoms with Crippen molar-refractivity contribution in [2.24, 2.45) is 5.92 Å². The minimum atomic E-state index is -0.615. The van der Waals surface area contributed by atoms with Crippen molar-refractivity contribution in [3.8, 4) is 0 Å². The van der Waals surface area contributed by atoms with Gasteiger partial charge in [0.2, 0.25) is 0 Å². The Morgan fingerprint density at radius 2 is 1.40 bits per heavy atom. The first-order valence-electron chi connectivity index (χ1n) is 16.7. The molecule has 0 radical (unpaired) electrons. The second-order valence-corrected chi connectivity index (χ2v) is 12.4. The van der Waals surface area contributed by atoms with Crippen LogP contribution in [0.4, 0.5) is 4.79 Å². The second-order valence-electron chi connectivity index (χ2n) is 12.4. The Bertz CT molecular complexity index is 1100. The molecule has 1 N–H and O–H groups in total. The summed E-state index contributed by atoms with van der Waals surface area (Å²) < 4.78 is 5.64. The van der Waals surface area contributed by atoms with Gasteiger partial charge in [-0.2, -0.15) is 0 Å². The van der Waals surface area contributed by atoms with Gasteiger partial charge in [0.15, 0.2) is 0 Å². The van der Waals surface area contributed by atoms with Crippen LogP contribution < -0.4 is 0 Å². The third-order valence-electron chi connectivity index (χ3n) is 9.64. The number of carbonyl (C=O) groups is 2. The minimum absolute atomic E-state index is 0.0776. The van der Waals surface area contributed by atoms with Gasteiger partial charge < -0.3 is 19.6 Å². The molecule has 3 aliphatic heterocycles. The number of ether oxygens (including phenoxy) is 1. The number of carboxylic acid groups (broad SMARTS) is 1. The summed E-state index contributed by atoms with van der Waals surface area (Å²) >= 11 is 0. The number of cyclic esters (lactones) is 1. The highest BCUT2D eigenvalue weighted by Crippen LogP contribution is 2.35. The third kappa shape index (κ3) is 9.05. The predicted octanol–water partition coefficient (Wildman–Crippen LogP) is 7.20. The van der Waals surface area contributed by atoms with Gasteiger partial charge in [-0.3, -0.25) is 9.69 Å². The third-order valence-corrected chi connectivity index (χ3v) is 9.64. The average molecular weight is 592 g/mol. The van der Waals surface area contributed by atoms with Crippen molar-refractivity contribution in [3.05, 3.63) is 71.8 Å². The van der Waals surface area contributed by atoms with Crippen LogP contribution in [0.25, 0.3) is 0 Å². The smallest absolute Gasteiger partial charge is 0.410 e. The highest BCUT2D eigenvalue weighted by molar-refractivity contribution is 5.74. The number of amides is 1. The first kappa shape index (κ1) is 33.0. The quantitative estimate of drug-likeness (QED) is 0.383. The van der Waals surface area contributed by atoms with Crippen LogP contribution in [-0.2, 0) is 9.53 Å². The molecule has 1 saturated carbocycles. The maximum absolute atomic E-state index is 12.2. The van der Waals surface area contributed by atoms with Crippen LogP contribution >= 0.6 is 0 Å². The topological polar surface area (TPSA) is 73.3 Å². The first-order chi connectivity index (χ1) is 21.0. The van der Waals surface area contributed by atoms with Crippen LogP contribution in [0.2, 0.25) is 0 Å². The average Bonchev–Trinajstić information content (AvgIpc) is 3.54. The number of likely N-dealkylation sites (tertiary alicyclic amines) is 2. The molecule has 2 aromatic carbocycles. The van der Waals surface area contributed by atoms with Crippen LogP contribution in [-0.4, -0.2) is 83.7 Å². The molecule has 0 aromatic heterocycles. The van der Waals surface area contributed by atoms with Gasteiger partial charge in [0, 0.05) is 25.6 Å². The van der Waals surface area contributed by atoms with Crippen molar-refractivity contribution in [3.63, 3.8) is 0 Å². The molecule has 6 rings (SSSR count). The van der Waals surface area contributed by atoms with Gasteiger partial charge in [-0.1, -0.05) is 93.8 Å². The Morgan fingerprint density at radius 1 is 0.791 bits per heavy atom. The number of hydrogen-bond acceptors (Lipinski definition) is 5.